The molecule has 0 saturated heterocycles. The molecule has 0 atom stereocenters. The summed E-state index contributed by atoms with van der Waals surface area (Å²) < 4.78 is 32.3. The van der Waals surface area contributed by atoms with E-state index in [0.29, 0.717) is 15.7 Å². The SMILES string of the molecule is Cc1cc(N)cnc1Oc1cc(Br)cc(F)c1F. The molecule has 0 aliphatic heterocycles. The second kappa shape index (κ2) is 4.89. The molecule has 0 fully saturated rings. The zero-order chi connectivity index (χ0) is 13.3. The number of hydrogen-bond acceptors (Lipinski definition) is 3. The predicted molar refractivity (Wildman–Crippen MR) is 67.5 cm³/mol. The predicted octanol–water partition coefficient (Wildman–Crippen LogP) is 3.81. The van der Waals surface area contributed by atoms with Crippen LogP contribution in [0.3, 0.4) is 0 Å². The van der Waals surface area contributed by atoms with Gasteiger partial charge in [-0.2, -0.15) is 4.39 Å². The summed E-state index contributed by atoms with van der Waals surface area (Å²) in [5.74, 6) is -2.11. The van der Waals surface area contributed by atoms with E-state index in [9.17, 15) is 8.78 Å². The fourth-order valence-corrected chi connectivity index (χ4v) is 1.81. The summed E-state index contributed by atoms with van der Waals surface area (Å²) >= 11 is 3.06. The van der Waals surface area contributed by atoms with Gasteiger partial charge in [0.15, 0.2) is 11.6 Å². The Morgan fingerprint density at radius 2 is 2.00 bits per heavy atom. The van der Waals surface area contributed by atoms with Crippen LogP contribution in [0, 0.1) is 18.6 Å². The lowest BCUT2D eigenvalue weighted by atomic mass is 10.3. The van der Waals surface area contributed by atoms with Crippen LogP contribution in [-0.4, -0.2) is 4.98 Å². The molecule has 6 heteroatoms. The first-order valence-corrected chi connectivity index (χ1v) is 5.81. The Labute approximate surface area is 111 Å². The minimum Gasteiger partial charge on any atom is -0.436 e. The third-order valence-corrected chi connectivity index (χ3v) is 2.68. The van der Waals surface area contributed by atoms with Crippen LogP contribution in [-0.2, 0) is 0 Å². The topological polar surface area (TPSA) is 48.1 Å². The Balaban J connectivity index is 2.40. The Hall–Kier alpha value is -1.69. The summed E-state index contributed by atoms with van der Waals surface area (Å²) in [4.78, 5) is 3.92. The molecule has 1 aromatic heterocycles. The van der Waals surface area contributed by atoms with Crippen LogP contribution in [0.2, 0.25) is 0 Å². The third kappa shape index (κ3) is 2.59. The number of nitrogen functional groups attached to an aromatic ring is 1. The summed E-state index contributed by atoms with van der Waals surface area (Å²) in [5.41, 5.74) is 6.65. The fraction of sp³-hybridized carbons (Fsp3) is 0.0833. The molecule has 0 radical (unpaired) electrons. The van der Waals surface area contributed by atoms with Gasteiger partial charge in [-0.3, -0.25) is 0 Å². The number of aromatic nitrogens is 1. The zero-order valence-corrected chi connectivity index (χ0v) is 11.0. The molecular weight excluding hydrogens is 306 g/mol. The maximum atomic E-state index is 13.5. The second-order valence-corrected chi connectivity index (χ2v) is 4.61. The van der Waals surface area contributed by atoms with Crippen LogP contribution < -0.4 is 10.5 Å². The number of rotatable bonds is 2. The van der Waals surface area contributed by atoms with E-state index in [2.05, 4.69) is 20.9 Å². The van der Waals surface area contributed by atoms with E-state index in [1.165, 1.54) is 12.3 Å². The summed E-state index contributed by atoms with van der Waals surface area (Å²) in [7, 11) is 0. The molecule has 0 aliphatic carbocycles. The second-order valence-electron chi connectivity index (χ2n) is 3.69. The maximum Gasteiger partial charge on any atom is 0.222 e. The lowest BCUT2D eigenvalue weighted by Crippen LogP contribution is -1.97. The van der Waals surface area contributed by atoms with Gasteiger partial charge in [-0.1, -0.05) is 15.9 Å². The number of halogens is 3. The molecule has 3 nitrogen and oxygen atoms in total. The lowest BCUT2D eigenvalue weighted by molar-refractivity contribution is 0.403. The number of ether oxygens (including phenoxy) is 1. The Bertz CT molecular complexity index is 605. The maximum absolute atomic E-state index is 13.5. The van der Waals surface area contributed by atoms with Crippen molar-refractivity contribution < 1.29 is 13.5 Å². The summed E-state index contributed by atoms with van der Waals surface area (Å²) in [5, 5.41) is 0. The summed E-state index contributed by atoms with van der Waals surface area (Å²) in [6.45, 7) is 1.71. The number of hydrogen-bond donors (Lipinski definition) is 1. The van der Waals surface area contributed by atoms with Crippen LogP contribution in [0.1, 0.15) is 5.56 Å². The van der Waals surface area contributed by atoms with E-state index in [1.807, 2.05) is 0 Å². The Morgan fingerprint density at radius 3 is 2.67 bits per heavy atom. The van der Waals surface area contributed by atoms with Crippen molar-refractivity contribution >= 4 is 21.6 Å². The van der Waals surface area contributed by atoms with Gasteiger partial charge in [0, 0.05) is 10.0 Å². The van der Waals surface area contributed by atoms with Crippen LogP contribution in [0.25, 0.3) is 0 Å². The van der Waals surface area contributed by atoms with E-state index >= 15 is 0 Å². The molecule has 2 rings (SSSR count). The highest BCUT2D eigenvalue weighted by Crippen LogP contribution is 2.30. The number of aryl methyl sites for hydroxylation is 1. The fourth-order valence-electron chi connectivity index (χ4n) is 1.40. The molecule has 2 N–H and O–H groups in total. The Kier molecular flexibility index (Phi) is 3.47. The highest BCUT2D eigenvalue weighted by molar-refractivity contribution is 9.10. The van der Waals surface area contributed by atoms with Crippen LogP contribution in [0.4, 0.5) is 14.5 Å². The Morgan fingerprint density at radius 1 is 1.28 bits per heavy atom. The van der Waals surface area contributed by atoms with Gasteiger partial charge in [0.25, 0.3) is 0 Å². The van der Waals surface area contributed by atoms with Gasteiger partial charge in [-0.05, 0) is 25.1 Å². The van der Waals surface area contributed by atoms with Gasteiger partial charge in [-0.25, -0.2) is 9.37 Å². The molecule has 0 amide bonds. The highest BCUT2D eigenvalue weighted by atomic mass is 79.9. The monoisotopic (exact) mass is 314 g/mol. The average molecular weight is 315 g/mol. The average Bonchev–Trinajstić information content (AvgIpc) is 2.29. The third-order valence-electron chi connectivity index (χ3n) is 2.22. The van der Waals surface area contributed by atoms with Crippen molar-refractivity contribution in [2.75, 3.05) is 5.73 Å². The van der Waals surface area contributed by atoms with Crippen molar-refractivity contribution in [3.05, 3.63) is 46.1 Å². The van der Waals surface area contributed by atoms with Crippen molar-refractivity contribution in [2.24, 2.45) is 0 Å². The molecule has 2 aromatic rings. The quantitative estimate of drug-likeness (QED) is 0.858. The molecule has 1 aromatic carbocycles. The number of nitrogens with two attached hydrogens (primary N) is 1. The van der Waals surface area contributed by atoms with Crippen molar-refractivity contribution in [1.82, 2.24) is 4.98 Å². The molecule has 0 spiro atoms. The summed E-state index contributed by atoms with van der Waals surface area (Å²) in [6.07, 6.45) is 1.38. The van der Waals surface area contributed by atoms with Crippen molar-refractivity contribution in [3.8, 4) is 11.6 Å². The van der Waals surface area contributed by atoms with Crippen molar-refractivity contribution in [2.45, 2.75) is 6.92 Å². The molecule has 0 unspecified atom stereocenters. The van der Waals surface area contributed by atoms with E-state index in [0.717, 1.165) is 6.07 Å². The lowest BCUT2D eigenvalue weighted by Gasteiger charge is -2.09. The van der Waals surface area contributed by atoms with E-state index in [4.69, 9.17) is 10.5 Å². The first-order chi connectivity index (χ1) is 8.47. The first-order valence-electron chi connectivity index (χ1n) is 5.02. The normalized spacial score (nSPS) is 10.4. The van der Waals surface area contributed by atoms with E-state index < -0.39 is 11.6 Å². The number of anilines is 1. The summed E-state index contributed by atoms with van der Waals surface area (Å²) in [6, 6.07) is 3.98. The number of pyridine rings is 1. The molecule has 94 valence electrons. The molecule has 0 saturated carbocycles. The molecule has 0 bridgehead atoms. The molecule has 18 heavy (non-hydrogen) atoms. The largest absolute Gasteiger partial charge is 0.436 e. The van der Waals surface area contributed by atoms with Gasteiger partial charge in [-0.15, -0.1) is 0 Å². The van der Waals surface area contributed by atoms with E-state index in [1.54, 1.807) is 13.0 Å². The number of benzene rings is 1. The van der Waals surface area contributed by atoms with Gasteiger partial charge in [0.2, 0.25) is 11.7 Å². The van der Waals surface area contributed by atoms with Gasteiger partial charge < -0.3 is 10.5 Å². The highest BCUT2D eigenvalue weighted by Gasteiger charge is 2.13. The van der Waals surface area contributed by atoms with Crippen molar-refractivity contribution in [1.29, 1.82) is 0 Å². The number of nitrogens with zero attached hydrogens (tertiary/aromatic N) is 1. The van der Waals surface area contributed by atoms with Crippen LogP contribution in [0.15, 0.2) is 28.9 Å². The smallest absolute Gasteiger partial charge is 0.222 e. The molecule has 1 heterocycles. The van der Waals surface area contributed by atoms with E-state index in [-0.39, 0.29) is 11.6 Å². The standard InChI is InChI=1S/C12H9BrF2N2O/c1-6-2-8(16)5-17-12(6)18-10-4-7(13)3-9(14)11(10)15/h2-5H,16H2,1H3. The van der Waals surface area contributed by atoms with Gasteiger partial charge in [0.05, 0.1) is 11.9 Å². The minimum atomic E-state index is -1.06. The molecular formula is C12H9BrF2N2O. The first kappa shape index (κ1) is 12.8. The van der Waals surface area contributed by atoms with Crippen LogP contribution >= 0.6 is 15.9 Å². The minimum absolute atomic E-state index is 0.181. The van der Waals surface area contributed by atoms with Gasteiger partial charge in [0.1, 0.15) is 0 Å². The van der Waals surface area contributed by atoms with Crippen LogP contribution in [0.5, 0.6) is 11.6 Å². The van der Waals surface area contributed by atoms with Gasteiger partial charge >= 0.3 is 0 Å². The zero-order valence-electron chi connectivity index (χ0n) is 9.38. The molecule has 0 aliphatic rings. The van der Waals surface area contributed by atoms with Crippen molar-refractivity contribution in [3.63, 3.8) is 0 Å².